The molecule has 0 saturated heterocycles. The molecule has 1 N–H and O–H groups in total. The maximum absolute atomic E-state index is 13.7. The van der Waals surface area contributed by atoms with E-state index in [1.54, 1.807) is 6.07 Å². The Morgan fingerprint density at radius 2 is 1.86 bits per heavy atom. The molecule has 0 aliphatic rings. The fraction of sp³-hybridized carbons (Fsp3) is 0.125. The third-order valence-corrected chi connectivity index (χ3v) is 5.32. The van der Waals surface area contributed by atoms with Crippen LogP contribution in [0.2, 0.25) is 5.02 Å². The van der Waals surface area contributed by atoms with Crippen LogP contribution >= 0.6 is 11.6 Å². The van der Waals surface area contributed by atoms with E-state index in [9.17, 15) is 9.18 Å². The van der Waals surface area contributed by atoms with Gasteiger partial charge in [0.1, 0.15) is 5.82 Å². The van der Waals surface area contributed by atoms with Gasteiger partial charge in [-0.3, -0.25) is 4.79 Å². The van der Waals surface area contributed by atoms with Crippen LogP contribution in [-0.4, -0.2) is 10.5 Å². The molecule has 4 aromatic rings. The van der Waals surface area contributed by atoms with E-state index < -0.39 is 5.82 Å². The Labute approximate surface area is 173 Å². The van der Waals surface area contributed by atoms with Crippen molar-refractivity contribution in [2.24, 2.45) is 0 Å². The number of nitrogens with zero attached hydrogens (tertiary/aromatic N) is 1. The van der Waals surface area contributed by atoms with E-state index in [4.69, 9.17) is 11.6 Å². The molecule has 0 saturated carbocycles. The van der Waals surface area contributed by atoms with Crippen molar-refractivity contribution in [2.45, 2.75) is 19.5 Å². The van der Waals surface area contributed by atoms with Crippen molar-refractivity contribution in [2.75, 3.05) is 0 Å². The molecular formula is C24H20ClFN2O. The Morgan fingerprint density at radius 3 is 2.62 bits per heavy atom. The van der Waals surface area contributed by atoms with Crippen molar-refractivity contribution < 1.29 is 9.18 Å². The molecule has 1 unspecified atom stereocenters. The van der Waals surface area contributed by atoms with Crippen molar-refractivity contribution in [1.82, 2.24) is 9.88 Å². The molecule has 1 aromatic heterocycles. The zero-order valence-electron chi connectivity index (χ0n) is 15.9. The molecule has 1 atom stereocenters. The zero-order valence-corrected chi connectivity index (χ0v) is 16.7. The summed E-state index contributed by atoms with van der Waals surface area (Å²) >= 11 is 5.76. The Balaban J connectivity index is 1.53. The number of fused-ring (bicyclic) bond motifs is 1. The summed E-state index contributed by atoms with van der Waals surface area (Å²) in [4.78, 5) is 12.7. The molecule has 4 rings (SSSR count). The van der Waals surface area contributed by atoms with Gasteiger partial charge in [-0.1, -0.05) is 48.0 Å². The number of carbonyl (C=O) groups is 1. The third-order valence-electron chi connectivity index (χ3n) is 5.02. The van der Waals surface area contributed by atoms with Crippen molar-refractivity contribution in [3.8, 4) is 0 Å². The molecule has 0 spiro atoms. The highest BCUT2D eigenvalue weighted by Crippen LogP contribution is 2.22. The van der Waals surface area contributed by atoms with Gasteiger partial charge in [-0.25, -0.2) is 4.39 Å². The molecule has 0 aliphatic heterocycles. The second-order valence-corrected chi connectivity index (χ2v) is 7.48. The van der Waals surface area contributed by atoms with Gasteiger partial charge in [-0.05, 0) is 54.4 Å². The van der Waals surface area contributed by atoms with Crippen LogP contribution in [0.5, 0.6) is 0 Å². The number of benzene rings is 3. The van der Waals surface area contributed by atoms with Crippen molar-refractivity contribution in [3.05, 3.63) is 107 Å². The van der Waals surface area contributed by atoms with Crippen LogP contribution in [0.1, 0.15) is 34.5 Å². The summed E-state index contributed by atoms with van der Waals surface area (Å²) < 4.78 is 15.7. The number of halogens is 2. The lowest BCUT2D eigenvalue weighted by Gasteiger charge is -2.14. The first-order chi connectivity index (χ1) is 14.0. The topological polar surface area (TPSA) is 34.0 Å². The van der Waals surface area contributed by atoms with Crippen molar-refractivity contribution in [1.29, 1.82) is 0 Å². The quantitative estimate of drug-likeness (QED) is 0.435. The molecule has 146 valence electrons. The third kappa shape index (κ3) is 4.17. The number of carbonyl (C=O) groups excluding carboxylic acids is 1. The predicted octanol–water partition coefficient (Wildman–Crippen LogP) is 5.97. The van der Waals surface area contributed by atoms with Gasteiger partial charge < -0.3 is 9.88 Å². The fourth-order valence-electron chi connectivity index (χ4n) is 3.42. The maximum Gasteiger partial charge on any atom is 0.251 e. The first kappa shape index (κ1) is 19.2. The van der Waals surface area contributed by atoms with E-state index in [0.717, 1.165) is 22.0 Å². The largest absolute Gasteiger partial charge is 0.346 e. The summed E-state index contributed by atoms with van der Waals surface area (Å²) in [5, 5.41) is 4.11. The molecule has 3 nitrogen and oxygen atoms in total. The molecule has 1 heterocycles. The normalized spacial score (nSPS) is 12.1. The number of rotatable bonds is 5. The summed E-state index contributed by atoms with van der Waals surface area (Å²) in [5.41, 5.74) is 3.47. The van der Waals surface area contributed by atoms with Crippen LogP contribution in [0.3, 0.4) is 0 Å². The van der Waals surface area contributed by atoms with E-state index in [2.05, 4.69) is 5.32 Å². The Hall–Kier alpha value is -3.11. The van der Waals surface area contributed by atoms with E-state index >= 15 is 0 Å². The molecular weight excluding hydrogens is 387 g/mol. The van der Waals surface area contributed by atoms with E-state index in [1.165, 1.54) is 6.07 Å². The van der Waals surface area contributed by atoms with E-state index in [1.807, 2.05) is 78.4 Å². The standard InChI is InChI=1S/C24H20ClFN2O/c1-16(18-5-3-2-4-6-18)27-24(29)20-8-10-23-19(14-20)11-12-28(23)15-17-7-9-21(25)22(26)13-17/h2-14,16H,15H2,1H3,(H,27,29). The van der Waals surface area contributed by atoms with Gasteiger partial charge in [0.2, 0.25) is 0 Å². The molecule has 0 fully saturated rings. The van der Waals surface area contributed by atoms with Crippen molar-refractivity contribution >= 4 is 28.4 Å². The lowest BCUT2D eigenvalue weighted by molar-refractivity contribution is 0.0940. The van der Waals surface area contributed by atoms with Gasteiger partial charge in [0, 0.05) is 29.2 Å². The molecule has 0 aliphatic carbocycles. The van der Waals surface area contributed by atoms with E-state index in [0.29, 0.717) is 12.1 Å². The Kier molecular flexibility index (Phi) is 5.36. The molecule has 0 radical (unpaired) electrons. The number of nitrogens with one attached hydrogen (secondary N) is 1. The van der Waals surface area contributed by atoms with Gasteiger partial charge >= 0.3 is 0 Å². The summed E-state index contributed by atoms with van der Waals surface area (Å²) in [6.07, 6.45) is 1.94. The second kappa shape index (κ2) is 8.10. The van der Waals surface area contributed by atoms with Gasteiger partial charge in [-0.2, -0.15) is 0 Å². The molecule has 0 bridgehead atoms. The summed E-state index contributed by atoms with van der Waals surface area (Å²) in [6.45, 7) is 2.49. The average molecular weight is 407 g/mol. The van der Waals surface area contributed by atoms with Crippen LogP contribution in [0.15, 0.2) is 79.0 Å². The lowest BCUT2D eigenvalue weighted by atomic mass is 10.1. The summed E-state index contributed by atoms with van der Waals surface area (Å²) in [6, 6.07) is 22.2. The first-order valence-corrected chi connectivity index (χ1v) is 9.78. The van der Waals surface area contributed by atoms with Gasteiger partial charge in [0.25, 0.3) is 5.91 Å². The smallest absolute Gasteiger partial charge is 0.251 e. The van der Waals surface area contributed by atoms with Crippen LogP contribution in [0, 0.1) is 5.82 Å². The zero-order chi connectivity index (χ0) is 20.4. The first-order valence-electron chi connectivity index (χ1n) is 9.40. The Morgan fingerprint density at radius 1 is 1.07 bits per heavy atom. The van der Waals surface area contributed by atoms with Crippen LogP contribution in [-0.2, 0) is 6.54 Å². The molecule has 3 aromatic carbocycles. The molecule has 5 heteroatoms. The van der Waals surface area contributed by atoms with Crippen LogP contribution < -0.4 is 5.32 Å². The number of amides is 1. The van der Waals surface area contributed by atoms with Crippen molar-refractivity contribution in [3.63, 3.8) is 0 Å². The highest BCUT2D eigenvalue weighted by Gasteiger charge is 2.13. The minimum atomic E-state index is -0.424. The van der Waals surface area contributed by atoms with Gasteiger partial charge in [0.15, 0.2) is 0 Å². The minimum absolute atomic E-state index is 0.0798. The fourth-order valence-corrected chi connectivity index (χ4v) is 3.54. The average Bonchev–Trinajstić information content (AvgIpc) is 3.13. The van der Waals surface area contributed by atoms with Crippen LogP contribution in [0.25, 0.3) is 10.9 Å². The maximum atomic E-state index is 13.7. The highest BCUT2D eigenvalue weighted by molar-refractivity contribution is 6.30. The number of aromatic nitrogens is 1. The summed E-state index contributed by atoms with van der Waals surface area (Å²) in [7, 11) is 0. The molecule has 1 amide bonds. The molecule has 29 heavy (non-hydrogen) atoms. The number of hydrogen-bond acceptors (Lipinski definition) is 1. The second-order valence-electron chi connectivity index (χ2n) is 7.07. The van der Waals surface area contributed by atoms with Crippen LogP contribution in [0.4, 0.5) is 4.39 Å². The number of hydrogen-bond donors (Lipinski definition) is 1. The monoisotopic (exact) mass is 406 g/mol. The minimum Gasteiger partial charge on any atom is -0.346 e. The highest BCUT2D eigenvalue weighted by atomic mass is 35.5. The van der Waals surface area contributed by atoms with Gasteiger partial charge in [-0.15, -0.1) is 0 Å². The van der Waals surface area contributed by atoms with Gasteiger partial charge in [0.05, 0.1) is 11.1 Å². The predicted molar refractivity (Wildman–Crippen MR) is 115 cm³/mol. The lowest BCUT2D eigenvalue weighted by Crippen LogP contribution is -2.26. The summed E-state index contributed by atoms with van der Waals surface area (Å²) in [5.74, 6) is -0.539. The Bertz CT molecular complexity index is 1170. The SMILES string of the molecule is CC(NC(=O)c1ccc2c(ccn2Cc2ccc(Cl)c(F)c2)c1)c1ccccc1. The van der Waals surface area contributed by atoms with E-state index in [-0.39, 0.29) is 17.0 Å².